The molecule has 4 N–H and O–H groups in total. The molecule has 0 amide bonds. The van der Waals surface area contributed by atoms with E-state index >= 15 is 0 Å². The summed E-state index contributed by atoms with van der Waals surface area (Å²) in [6.07, 6.45) is 3.72. The number of hydrogen-bond acceptors (Lipinski definition) is 3. The second kappa shape index (κ2) is 4.43. The van der Waals surface area contributed by atoms with Crippen molar-refractivity contribution in [2.45, 2.75) is 19.3 Å². The lowest BCUT2D eigenvalue weighted by molar-refractivity contribution is 0.0698. The van der Waals surface area contributed by atoms with E-state index in [1.165, 1.54) is 18.9 Å². The Balaban J connectivity index is 2.03. The first kappa shape index (κ1) is 10.8. The number of hydrogen-bond donors (Lipinski definition) is 3. The summed E-state index contributed by atoms with van der Waals surface area (Å²) < 4.78 is 0. The van der Waals surface area contributed by atoms with Gasteiger partial charge in [-0.3, -0.25) is 0 Å². The molecule has 0 atom stereocenters. The first-order valence-corrected chi connectivity index (χ1v) is 5.53. The van der Waals surface area contributed by atoms with Gasteiger partial charge in [0.25, 0.3) is 0 Å². The monoisotopic (exact) mass is 220 g/mol. The smallest absolute Gasteiger partial charge is 0.337 e. The van der Waals surface area contributed by atoms with Gasteiger partial charge in [0.2, 0.25) is 0 Å². The maximum Gasteiger partial charge on any atom is 0.337 e. The number of carboxylic acids is 1. The molecular formula is C12H16N2O2. The Morgan fingerprint density at radius 2 is 2.25 bits per heavy atom. The Labute approximate surface area is 94.5 Å². The van der Waals surface area contributed by atoms with Crippen LogP contribution in [-0.4, -0.2) is 17.6 Å². The number of benzene rings is 1. The zero-order chi connectivity index (χ0) is 11.5. The molecule has 1 saturated carbocycles. The highest BCUT2D eigenvalue weighted by atomic mass is 16.4. The normalized spacial score (nSPS) is 14.8. The van der Waals surface area contributed by atoms with Gasteiger partial charge in [-0.15, -0.1) is 0 Å². The van der Waals surface area contributed by atoms with Gasteiger partial charge in [0, 0.05) is 12.2 Å². The van der Waals surface area contributed by atoms with Crippen molar-refractivity contribution in [3.05, 3.63) is 23.8 Å². The maximum absolute atomic E-state index is 11.0. The number of aromatic carboxylic acids is 1. The van der Waals surface area contributed by atoms with Crippen LogP contribution >= 0.6 is 0 Å². The molecule has 1 fully saturated rings. The van der Waals surface area contributed by atoms with Crippen LogP contribution < -0.4 is 11.1 Å². The Kier molecular flexibility index (Phi) is 2.99. The fraction of sp³-hybridized carbons (Fsp3) is 0.417. The fourth-order valence-corrected chi connectivity index (χ4v) is 1.71. The Morgan fingerprint density at radius 1 is 1.50 bits per heavy atom. The van der Waals surface area contributed by atoms with Crippen LogP contribution in [0.3, 0.4) is 0 Å². The van der Waals surface area contributed by atoms with Crippen molar-refractivity contribution in [1.29, 1.82) is 0 Å². The van der Waals surface area contributed by atoms with E-state index in [-0.39, 0.29) is 5.56 Å². The van der Waals surface area contributed by atoms with Crippen molar-refractivity contribution in [3.8, 4) is 0 Å². The third kappa shape index (κ3) is 2.66. The molecule has 0 heterocycles. The Bertz CT molecular complexity index is 400. The molecule has 1 aromatic carbocycles. The molecule has 16 heavy (non-hydrogen) atoms. The van der Waals surface area contributed by atoms with Crippen LogP contribution in [-0.2, 0) is 0 Å². The fourth-order valence-electron chi connectivity index (χ4n) is 1.71. The van der Waals surface area contributed by atoms with Crippen molar-refractivity contribution in [2.75, 3.05) is 17.6 Å². The van der Waals surface area contributed by atoms with Crippen LogP contribution in [0.15, 0.2) is 18.2 Å². The van der Waals surface area contributed by atoms with Gasteiger partial charge in [0.1, 0.15) is 0 Å². The lowest BCUT2D eigenvalue weighted by Crippen LogP contribution is -2.08. The number of nitrogens with one attached hydrogen (secondary N) is 1. The maximum atomic E-state index is 11.0. The molecular weight excluding hydrogens is 204 g/mol. The van der Waals surface area contributed by atoms with E-state index in [0.29, 0.717) is 11.4 Å². The summed E-state index contributed by atoms with van der Waals surface area (Å²) in [5.41, 5.74) is 7.12. The van der Waals surface area contributed by atoms with Crippen LogP contribution in [0, 0.1) is 5.92 Å². The van der Waals surface area contributed by atoms with Crippen molar-refractivity contribution in [2.24, 2.45) is 5.92 Å². The van der Waals surface area contributed by atoms with Crippen molar-refractivity contribution < 1.29 is 9.90 Å². The second-order valence-corrected chi connectivity index (χ2v) is 4.27. The van der Waals surface area contributed by atoms with Gasteiger partial charge >= 0.3 is 5.97 Å². The lowest BCUT2D eigenvalue weighted by atomic mass is 10.1. The molecule has 1 aromatic rings. The number of nitrogens with two attached hydrogens (primary N) is 1. The summed E-state index contributed by atoms with van der Waals surface area (Å²) in [5.74, 6) is -0.0873. The Hall–Kier alpha value is -1.71. The largest absolute Gasteiger partial charge is 0.478 e. The third-order valence-electron chi connectivity index (χ3n) is 2.84. The molecule has 4 nitrogen and oxygen atoms in total. The van der Waals surface area contributed by atoms with Crippen LogP contribution in [0.4, 0.5) is 11.4 Å². The quantitative estimate of drug-likeness (QED) is 0.665. The summed E-state index contributed by atoms with van der Waals surface area (Å²) in [6, 6.07) is 4.82. The van der Waals surface area contributed by atoms with E-state index in [1.807, 2.05) is 0 Å². The third-order valence-corrected chi connectivity index (χ3v) is 2.84. The molecule has 1 aliphatic rings. The van der Waals surface area contributed by atoms with Crippen LogP contribution in [0.25, 0.3) is 0 Å². The standard InChI is InChI=1S/C12H16N2O2/c13-9-3-4-10(12(15)16)11(7-9)14-6-5-8-1-2-8/h3-4,7-8,14H,1-2,5-6,13H2,(H,15,16). The summed E-state index contributed by atoms with van der Waals surface area (Å²) >= 11 is 0. The minimum absolute atomic E-state index is 0.282. The number of nitrogen functional groups attached to an aromatic ring is 1. The number of carbonyl (C=O) groups is 1. The molecule has 1 aliphatic carbocycles. The van der Waals surface area contributed by atoms with E-state index in [0.717, 1.165) is 18.9 Å². The zero-order valence-corrected chi connectivity index (χ0v) is 9.07. The highest BCUT2D eigenvalue weighted by Crippen LogP contribution is 2.32. The Morgan fingerprint density at radius 3 is 2.88 bits per heavy atom. The molecule has 86 valence electrons. The molecule has 0 saturated heterocycles. The molecule has 0 unspecified atom stereocenters. The number of anilines is 2. The molecule has 0 aliphatic heterocycles. The molecule has 0 aromatic heterocycles. The van der Waals surface area contributed by atoms with Crippen LogP contribution in [0.1, 0.15) is 29.6 Å². The average Bonchev–Trinajstić information content (AvgIpc) is 3.01. The van der Waals surface area contributed by atoms with Gasteiger partial charge in [-0.1, -0.05) is 12.8 Å². The van der Waals surface area contributed by atoms with Gasteiger partial charge in [-0.2, -0.15) is 0 Å². The number of rotatable bonds is 5. The van der Waals surface area contributed by atoms with E-state index in [4.69, 9.17) is 10.8 Å². The molecule has 0 spiro atoms. The van der Waals surface area contributed by atoms with Crippen molar-refractivity contribution in [3.63, 3.8) is 0 Å². The minimum atomic E-state index is -0.922. The van der Waals surface area contributed by atoms with E-state index in [9.17, 15) is 4.79 Å². The summed E-state index contributed by atoms with van der Waals surface area (Å²) in [5, 5.41) is 12.1. The lowest BCUT2D eigenvalue weighted by Gasteiger charge is -2.09. The van der Waals surface area contributed by atoms with Gasteiger partial charge in [0.15, 0.2) is 0 Å². The van der Waals surface area contributed by atoms with Crippen LogP contribution in [0.2, 0.25) is 0 Å². The van der Waals surface area contributed by atoms with Gasteiger partial charge in [-0.25, -0.2) is 4.79 Å². The van der Waals surface area contributed by atoms with E-state index < -0.39 is 5.97 Å². The van der Waals surface area contributed by atoms with Crippen LogP contribution in [0.5, 0.6) is 0 Å². The molecule has 0 bridgehead atoms. The second-order valence-electron chi connectivity index (χ2n) is 4.27. The van der Waals surface area contributed by atoms with Crippen molar-refractivity contribution >= 4 is 17.3 Å². The predicted octanol–water partition coefficient (Wildman–Crippen LogP) is 2.18. The van der Waals surface area contributed by atoms with Gasteiger partial charge in [-0.05, 0) is 30.5 Å². The summed E-state index contributed by atoms with van der Waals surface area (Å²) in [7, 11) is 0. The summed E-state index contributed by atoms with van der Waals surface area (Å²) in [4.78, 5) is 11.0. The van der Waals surface area contributed by atoms with Gasteiger partial charge < -0.3 is 16.2 Å². The zero-order valence-electron chi connectivity index (χ0n) is 9.07. The van der Waals surface area contributed by atoms with Crippen molar-refractivity contribution in [1.82, 2.24) is 0 Å². The van der Waals surface area contributed by atoms with E-state index in [1.54, 1.807) is 12.1 Å². The highest BCUT2D eigenvalue weighted by molar-refractivity contribution is 5.95. The SMILES string of the molecule is Nc1ccc(C(=O)O)c(NCCC2CC2)c1. The average molecular weight is 220 g/mol. The summed E-state index contributed by atoms with van der Waals surface area (Å²) in [6.45, 7) is 0.814. The number of carboxylic acid groups (broad SMARTS) is 1. The molecule has 2 rings (SSSR count). The first-order valence-electron chi connectivity index (χ1n) is 5.53. The van der Waals surface area contributed by atoms with Gasteiger partial charge in [0.05, 0.1) is 11.3 Å². The predicted molar refractivity (Wildman–Crippen MR) is 63.6 cm³/mol. The molecule has 4 heteroatoms. The van der Waals surface area contributed by atoms with E-state index in [2.05, 4.69) is 5.32 Å². The topological polar surface area (TPSA) is 75.4 Å². The minimum Gasteiger partial charge on any atom is -0.478 e. The highest BCUT2D eigenvalue weighted by Gasteiger charge is 2.20. The molecule has 0 radical (unpaired) electrons. The first-order chi connectivity index (χ1) is 7.66.